The molecule has 0 radical (unpaired) electrons. The lowest BCUT2D eigenvalue weighted by Gasteiger charge is -2.26. The Bertz CT molecular complexity index is 1010. The zero-order valence-corrected chi connectivity index (χ0v) is 16.2. The molecule has 4 heterocycles. The first-order valence-corrected chi connectivity index (χ1v) is 10.4. The second kappa shape index (κ2) is 7.30. The number of carbonyl (C=O) groups excluding carboxylic acids is 1. The van der Waals surface area contributed by atoms with Crippen LogP contribution in [0, 0.1) is 0 Å². The number of carbonyl (C=O) groups is 1. The minimum Gasteiger partial charge on any atom is -0.465 e. The summed E-state index contributed by atoms with van der Waals surface area (Å²) >= 11 is 1.73. The molecular formula is C22H22N3O2S+. The van der Waals surface area contributed by atoms with Gasteiger partial charge >= 0.3 is 0 Å². The number of fused-ring (bicyclic) bond motifs is 3. The summed E-state index contributed by atoms with van der Waals surface area (Å²) in [7, 11) is 0. The molecule has 0 aliphatic carbocycles. The van der Waals surface area contributed by atoms with E-state index in [2.05, 4.69) is 41.0 Å². The first kappa shape index (κ1) is 17.3. The molecular weight excluding hydrogens is 370 g/mol. The summed E-state index contributed by atoms with van der Waals surface area (Å²) < 4.78 is 5.32. The topological polar surface area (TPSA) is 58.7 Å². The zero-order chi connectivity index (χ0) is 18.9. The highest BCUT2D eigenvalue weighted by Gasteiger charge is 2.33. The van der Waals surface area contributed by atoms with Crippen molar-refractivity contribution in [3.63, 3.8) is 0 Å². The van der Waals surface area contributed by atoms with E-state index < -0.39 is 0 Å². The van der Waals surface area contributed by atoms with E-state index in [4.69, 9.17) is 4.42 Å². The molecule has 3 aromatic rings. The number of quaternary nitrogens is 1. The fraction of sp³-hybridized carbons (Fsp3) is 0.227. The van der Waals surface area contributed by atoms with Crippen molar-refractivity contribution in [2.75, 3.05) is 11.9 Å². The highest BCUT2D eigenvalue weighted by molar-refractivity contribution is 7.16. The number of thiophene rings is 1. The van der Waals surface area contributed by atoms with Gasteiger partial charge in [0, 0.05) is 12.0 Å². The van der Waals surface area contributed by atoms with Crippen molar-refractivity contribution in [2.45, 2.75) is 25.7 Å². The maximum atomic E-state index is 12.8. The minimum absolute atomic E-state index is 0.0202. The molecule has 142 valence electrons. The van der Waals surface area contributed by atoms with E-state index in [1.165, 1.54) is 16.0 Å². The predicted molar refractivity (Wildman–Crippen MR) is 110 cm³/mol. The van der Waals surface area contributed by atoms with Crippen LogP contribution in [0.4, 0.5) is 5.00 Å². The van der Waals surface area contributed by atoms with Gasteiger partial charge in [0.05, 0.1) is 23.2 Å². The van der Waals surface area contributed by atoms with Gasteiger partial charge in [-0.2, -0.15) is 0 Å². The van der Waals surface area contributed by atoms with Gasteiger partial charge in [0.15, 0.2) is 0 Å². The Kier molecular flexibility index (Phi) is 4.50. The fourth-order valence-corrected chi connectivity index (χ4v) is 5.33. The fourth-order valence-electron chi connectivity index (χ4n) is 3.98. The van der Waals surface area contributed by atoms with Crippen LogP contribution in [0.1, 0.15) is 32.1 Å². The second-order valence-corrected chi connectivity index (χ2v) is 8.37. The van der Waals surface area contributed by atoms with E-state index >= 15 is 0 Å². The molecule has 6 heteroatoms. The van der Waals surface area contributed by atoms with Crippen molar-refractivity contribution in [3.8, 4) is 0 Å². The van der Waals surface area contributed by atoms with Gasteiger partial charge in [-0.3, -0.25) is 4.79 Å². The largest absolute Gasteiger partial charge is 0.465 e. The van der Waals surface area contributed by atoms with Crippen LogP contribution in [0.3, 0.4) is 0 Å². The number of nitrogens with one attached hydrogen (secondary N) is 3. The number of amides is 1. The molecule has 2 aliphatic heterocycles. The average molecular weight is 393 g/mol. The zero-order valence-electron chi connectivity index (χ0n) is 15.4. The molecule has 3 N–H and O–H groups in total. The van der Waals surface area contributed by atoms with Crippen molar-refractivity contribution >= 4 is 28.3 Å². The molecule has 2 aliphatic rings. The highest BCUT2D eigenvalue weighted by Crippen LogP contribution is 2.36. The maximum Gasteiger partial charge on any atom is 0.256 e. The summed E-state index contributed by atoms with van der Waals surface area (Å²) in [5.41, 5.74) is 3.44. The van der Waals surface area contributed by atoms with E-state index in [0.29, 0.717) is 0 Å². The van der Waals surface area contributed by atoms with E-state index in [9.17, 15) is 4.79 Å². The lowest BCUT2D eigenvalue weighted by Crippen LogP contribution is -3.10. The highest BCUT2D eigenvalue weighted by atomic mass is 32.1. The van der Waals surface area contributed by atoms with Gasteiger partial charge in [0.2, 0.25) is 0 Å². The van der Waals surface area contributed by atoms with Gasteiger partial charge < -0.3 is 20.0 Å². The first-order valence-electron chi connectivity index (χ1n) is 9.57. The summed E-state index contributed by atoms with van der Waals surface area (Å²) in [6.45, 7) is 3.06. The first-order chi connectivity index (χ1) is 13.8. The molecule has 5 rings (SSSR count). The summed E-state index contributed by atoms with van der Waals surface area (Å²) in [4.78, 5) is 15.6. The van der Waals surface area contributed by atoms with Crippen LogP contribution in [0.25, 0.3) is 6.08 Å². The van der Waals surface area contributed by atoms with Gasteiger partial charge in [0.1, 0.15) is 30.0 Å². The SMILES string of the molecule is O=C1N[C@@H](/C=C/c2ccco2)Nc2sc3c(c21)CC[NH+](Cc1ccccc1)C3. The predicted octanol–water partition coefficient (Wildman–Crippen LogP) is 2.68. The van der Waals surface area contributed by atoms with Crippen molar-refractivity contribution < 1.29 is 14.1 Å². The molecule has 28 heavy (non-hydrogen) atoms. The third-order valence-electron chi connectivity index (χ3n) is 5.32. The Morgan fingerprint density at radius 3 is 2.89 bits per heavy atom. The van der Waals surface area contributed by atoms with Crippen LogP contribution < -0.4 is 15.5 Å². The molecule has 2 atom stereocenters. The Balaban J connectivity index is 1.33. The molecule has 0 fully saturated rings. The quantitative estimate of drug-likeness (QED) is 0.640. The summed E-state index contributed by atoms with van der Waals surface area (Å²) in [5.74, 6) is 0.791. The van der Waals surface area contributed by atoms with E-state index in [1.807, 2.05) is 24.3 Å². The van der Waals surface area contributed by atoms with E-state index in [-0.39, 0.29) is 12.1 Å². The monoisotopic (exact) mass is 392 g/mol. The second-order valence-electron chi connectivity index (χ2n) is 7.27. The van der Waals surface area contributed by atoms with Gasteiger partial charge in [-0.15, -0.1) is 11.3 Å². The molecule has 1 amide bonds. The van der Waals surface area contributed by atoms with Gasteiger partial charge in [-0.1, -0.05) is 30.3 Å². The van der Waals surface area contributed by atoms with Crippen LogP contribution in [0.5, 0.6) is 0 Å². The van der Waals surface area contributed by atoms with Crippen molar-refractivity contribution in [3.05, 3.63) is 82.1 Å². The van der Waals surface area contributed by atoms with Crippen LogP contribution in [-0.4, -0.2) is 18.6 Å². The van der Waals surface area contributed by atoms with Crippen molar-refractivity contribution in [2.24, 2.45) is 0 Å². The lowest BCUT2D eigenvalue weighted by molar-refractivity contribution is -0.929. The molecule has 0 saturated carbocycles. The molecule has 0 saturated heterocycles. The Morgan fingerprint density at radius 2 is 2.07 bits per heavy atom. The van der Waals surface area contributed by atoms with Crippen LogP contribution in [0.15, 0.2) is 59.2 Å². The summed E-state index contributed by atoms with van der Waals surface area (Å²) in [5, 5.41) is 7.49. The third-order valence-corrected chi connectivity index (χ3v) is 6.49. The number of rotatable bonds is 4. The average Bonchev–Trinajstić information content (AvgIpc) is 3.34. The number of furan rings is 1. The Labute approximate surface area is 167 Å². The van der Waals surface area contributed by atoms with Crippen LogP contribution in [-0.2, 0) is 19.5 Å². The molecule has 1 unspecified atom stereocenters. The lowest BCUT2D eigenvalue weighted by atomic mass is 10.0. The third kappa shape index (κ3) is 3.37. The number of hydrogen-bond donors (Lipinski definition) is 3. The van der Waals surface area contributed by atoms with Gasteiger partial charge in [0.25, 0.3) is 5.91 Å². The number of benzene rings is 1. The van der Waals surface area contributed by atoms with Crippen molar-refractivity contribution in [1.82, 2.24) is 5.32 Å². The molecule has 5 nitrogen and oxygen atoms in total. The summed E-state index contributed by atoms with van der Waals surface area (Å²) in [6.07, 6.45) is 6.17. The van der Waals surface area contributed by atoms with Crippen molar-refractivity contribution in [1.29, 1.82) is 0 Å². The molecule has 1 aromatic carbocycles. The number of hydrogen-bond acceptors (Lipinski definition) is 4. The van der Waals surface area contributed by atoms with Gasteiger partial charge in [-0.25, -0.2) is 0 Å². The molecule has 2 aromatic heterocycles. The van der Waals surface area contributed by atoms with E-state index in [1.54, 1.807) is 22.5 Å². The maximum absolute atomic E-state index is 12.8. The van der Waals surface area contributed by atoms with Gasteiger partial charge in [-0.05, 0) is 29.8 Å². The van der Waals surface area contributed by atoms with Crippen LogP contribution >= 0.6 is 11.3 Å². The Hall–Kier alpha value is -2.83. The minimum atomic E-state index is -0.224. The Morgan fingerprint density at radius 1 is 1.18 bits per heavy atom. The summed E-state index contributed by atoms with van der Waals surface area (Å²) in [6, 6.07) is 14.4. The van der Waals surface area contributed by atoms with Crippen LogP contribution in [0.2, 0.25) is 0 Å². The van der Waals surface area contributed by atoms with E-state index in [0.717, 1.165) is 42.4 Å². The normalized spacial score (nSPS) is 21.1. The number of anilines is 1. The smallest absolute Gasteiger partial charge is 0.256 e. The molecule has 0 bridgehead atoms. The standard InChI is InChI=1S/C22H21N3O2S/c26-21-20-17-10-11-25(13-15-5-2-1-3-6-15)14-18(17)28-22(20)24-19(23-21)9-8-16-7-4-12-27-16/h1-9,12,19,24H,10-11,13-14H2,(H,23,26)/p+1/b9-8+/t19-/m1/s1. The molecule has 0 spiro atoms.